The van der Waals surface area contributed by atoms with Crippen LogP contribution >= 0.6 is 0 Å². The van der Waals surface area contributed by atoms with E-state index in [9.17, 15) is 0 Å². The summed E-state index contributed by atoms with van der Waals surface area (Å²) in [7, 11) is 0. The fourth-order valence-corrected chi connectivity index (χ4v) is 0.972. The number of carboxylic acid groups (broad SMARTS) is 2. The molecule has 78 valence electrons. The second-order valence-electron chi connectivity index (χ2n) is 2.57. The summed E-state index contributed by atoms with van der Waals surface area (Å²) in [5, 5.41) is 13.9. The minimum Gasteiger partial charge on any atom is -0.450 e. The first kappa shape index (κ1) is 10.7. The Hall–Kier alpha value is -2.37. The van der Waals surface area contributed by atoms with Crippen LogP contribution in [0.2, 0.25) is 0 Å². The van der Waals surface area contributed by atoms with Crippen molar-refractivity contribution >= 4 is 23.0 Å². The maximum absolute atomic E-state index is 8.56. The molecule has 1 aromatic heterocycles. The molecule has 0 atom stereocenters. The van der Waals surface area contributed by atoms with E-state index in [1.165, 1.54) is 0 Å². The first-order chi connectivity index (χ1) is 7.09. The lowest BCUT2D eigenvalue weighted by atomic mass is 10.3. The number of nitrogens with two attached hydrogens (primary N) is 1. The third-order valence-corrected chi connectivity index (χ3v) is 1.47. The Labute approximate surface area is 85.0 Å². The van der Waals surface area contributed by atoms with Crippen LogP contribution in [0.1, 0.15) is 0 Å². The van der Waals surface area contributed by atoms with Gasteiger partial charge < -0.3 is 15.9 Å². The van der Waals surface area contributed by atoms with E-state index in [4.69, 9.17) is 20.7 Å². The van der Waals surface area contributed by atoms with Crippen LogP contribution in [0.4, 0.5) is 10.6 Å². The summed E-state index contributed by atoms with van der Waals surface area (Å²) in [5.74, 6) is 0.462. The molecule has 0 bridgehead atoms. The molecule has 0 aliphatic rings. The summed E-state index contributed by atoms with van der Waals surface area (Å²) in [5.41, 5.74) is 7.17. The molecule has 0 spiro atoms. The van der Waals surface area contributed by atoms with Gasteiger partial charge in [-0.3, -0.25) is 4.98 Å². The summed E-state index contributed by atoms with van der Waals surface area (Å²) in [4.78, 5) is 16.7. The molecule has 0 saturated carbocycles. The molecule has 1 aromatic carbocycles. The number of para-hydroxylation sites is 2. The summed E-state index contributed by atoms with van der Waals surface area (Å²) in [6, 6.07) is 7.63. The van der Waals surface area contributed by atoms with Gasteiger partial charge in [0, 0.05) is 0 Å². The number of fused-ring (bicyclic) bond motifs is 1. The Morgan fingerprint density at radius 2 is 1.73 bits per heavy atom. The number of hydrogen-bond donors (Lipinski definition) is 3. The number of hydrogen-bond acceptors (Lipinski definition) is 4. The lowest BCUT2D eigenvalue weighted by molar-refractivity contribution is 0.137. The molecule has 2 aromatic rings. The number of nitrogen functional groups attached to an aromatic ring is 1. The van der Waals surface area contributed by atoms with Crippen LogP contribution in [0.25, 0.3) is 11.0 Å². The predicted octanol–water partition coefficient (Wildman–Crippen LogP) is 1.43. The molecule has 0 amide bonds. The van der Waals surface area contributed by atoms with Crippen molar-refractivity contribution in [1.82, 2.24) is 9.97 Å². The SMILES string of the molecule is Nc1cnc2ccccc2n1.O=C(O)O. The molecule has 0 fully saturated rings. The predicted molar refractivity (Wildman–Crippen MR) is 54.6 cm³/mol. The number of anilines is 1. The van der Waals surface area contributed by atoms with Crippen molar-refractivity contribution in [2.45, 2.75) is 0 Å². The van der Waals surface area contributed by atoms with Gasteiger partial charge >= 0.3 is 6.16 Å². The highest BCUT2D eigenvalue weighted by Gasteiger charge is 1.92. The standard InChI is InChI=1S/C8H7N3.CH2O3/c9-8-5-10-6-3-1-2-4-7(6)11-8;2-1(3)4/h1-5H,(H2,9,11);(H2,2,3,4). The first-order valence-corrected chi connectivity index (χ1v) is 3.99. The smallest absolute Gasteiger partial charge is 0.450 e. The van der Waals surface area contributed by atoms with Gasteiger partial charge in [0.2, 0.25) is 0 Å². The van der Waals surface area contributed by atoms with Crippen LogP contribution in [-0.2, 0) is 0 Å². The third kappa shape index (κ3) is 3.47. The van der Waals surface area contributed by atoms with Gasteiger partial charge in [0.15, 0.2) is 0 Å². The molecule has 6 heteroatoms. The van der Waals surface area contributed by atoms with E-state index in [0.29, 0.717) is 5.82 Å². The van der Waals surface area contributed by atoms with Gasteiger partial charge in [-0.05, 0) is 12.1 Å². The largest absolute Gasteiger partial charge is 0.503 e. The van der Waals surface area contributed by atoms with Crippen LogP contribution in [0.5, 0.6) is 0 Å². The second-order valence-corrected chi connectivity index (χ2v) is 2.57. The van der Waals surface area contributed by atoms with Crippen LogP contribution < -0.4 is 5.73 Å². The van der Waals surface area contributed by atoms with Gasteiger partial charge in [-0.1, -0.05) is 12.1 Å². The summed E-state index contributed by atoms with van der Waals surface area (Å²) in [6.07, 6.45) is -0.275. The zero-order valence-electron chi connectivity index (χ0n) is 7.66. The van der Waals surface area contributed by atoms with Gasteiger partial charge in [-0.2, -0.15) is 0 Å². The molecular formula is C9H9N3O3. The molecular weight excluding hydrogens is 198 g/mol. The quantitative estimate of drug-likeness (QED) is 0.602. The Morgan fingerprint density at radius 3 is 2.33 bits per heavy atom. The molecule has 0 aliphatic heterocycles. The van der Waals surface area contributed by atoms with Crippen LogP contribution in [0.3, 0.4) is 0 Å². The Bertz CT molecular complexity index is 469. The minimum atomic E-state index is -1.83. The minimum absolute atomic E-state index is 0.462. The van der Waals surface area contributed by atoms with E-state index in [1.807, 2.05) is 24.3 Å². The zero-order valence-corrected chi connectivity index (χ0v) is 7.66. The molecule has 0 radical (unpaired) electrons. The lowest BCUT2D eigenvalue weighted by Gasteiger charge is -1.94. The fraction of sp³-hybridized carbons (Fsp3) is 0. The van der Waals surface area contributed by atoms with Crippen LogP contribution in [-0.4, -0.2) is 26.3 Å². The fourth-order valence-electron chi connectivity index (χ4n) is 0.972. The Kier molecular flexibility index (Phi) is 3.39. The van der Waals surface area contributed by atoms with Crippen molar-refractivity contribution in [3.05, 3.63) is 30.5 Å². The Balaban J connectivity index is 0.000000245. The highest BCUT2D eigenvalue weighted by Crippen LogP contribution is 2.08. The van der Waals surface area contributed by atoms with Crippen molar-refractivity contribution < 1.29 is 15.0 Å². The Morgan fingerprint density at radius 1 is 1.20 bits per heavy atom. The van der Waals surface area contributed by atoms with E-state index in [0.717, 1.165) is 11.0 Å². The zero-order chi connectivity index (χ0) is 11.3. The lowest BCUT2D eigenvalue weighted by Crippen LogP contribution is -1.91. The average molecular weight is 207 g/mol. The van der Waals surface area contributed by atoms with Crippen LogP contribution in [0, 0.1) is 0 Å². The molecule has 2 rings (SSSR count). The van der Waals surface area contributed by atoms with Crippen LogP contribution in [0.15, 0.2) is 30.5 Å². The summed E-state index contributed by atoms with van der Waals surface area (Å²) < 4.78 is 0. The normalized spacial score (nSPS) is 9.07. The molecule has 1 heterocycles. The van der Waals surface area contributed by atoms with Crippen molar-refractivity contribution in [3.63, 3.8) is 0 Å². The molecule has 0 saturated heterocycles. The number of nitrogens with zero attached hydrogens (tertiary/aromatic N) is 2. The monoisotopic (exact) mass is 207 g/mol. The number of carbonyl (C=O) groups is 1. The maximum atomic E-state index is 8.56. The number of rotatable bonds is 0. The van der Waals surface area contributed by atoms with Gasteiger partial charge in [0.1, 0.15) is 5.82 Å². The highest BCUT2D eigenvalue weighted by atomic mass is 16.6. The highest BCUT2D eigenvalue weighted by molar-refractivity contribution is 5.74. The van der Waals surface area contributed by atoms with E-state index < -0.39 is 6.16 Å². The van der Waals surface area contributed by atoms with Crippen molar-refractivity contribution in [1.29, 1.82) is 0 Å². The van der Waals surface area contributed by atoms with E-state index >= 15 is 0 Å². The van der Waals surface area contributed by atoms with Gasteiger partial charge in [-0.25, -0.2) is 9.78 Å². The first-order valence-electron chi connectivity index (χ1n) is 3.99. The average Bonchev–Trinajstić information content (AvgIpc) is 2.16. The number of benzene rings is 1. The third-order valence-electron chi connectivity index (χ3n) is 1.47. The number of aromatic nitrogens is 2. The van der Waals surface area contributed by atoms with Crippen molar-refractivity contribution in [2.24, 2.45) is 0 Å². The molecule has 0 unspecified atom stereocenters. The molecule has 6 nitrogen and oxygen atoms in total. The molecule has 15 heavy (non-hydrogen) atoms. The van der Waals surface area contributed by atoms with E-state index in [2.05, 4.69) is 9.97 Å². The van der Waals surface area contributed by atoms with Crippen molar-refractivity contribution in [2.75, 3.05) is 5.73 Å². The van der Waals surface area contributed by atoms with Gasteiger partial charge in [0.25, 0.3) is 0 Å². The second kappa shape index (κ2) is 4.75. The van der Waals surface area contributed by atoms with Gasteiger partial charge in [0.05, 0.1) is 17.2 Å². The van der Waals surface area contributed by atoms with E-state index in [-0.39, 0.29) is 0 Å². The summed E-state index contributed by atoms with van der Waals surface area (Å²) in [6.45, 7) is 0. The van der Waals surface area contributed by atoms with E-state index in [1.54, 1.807) is 6.20 Å². The topological polar surface area (TPSA) is 109 Å². The van der Waals surface area contributed by atoms with Gasteiger partial charge in [-0.15, -0.1) is 0 Å². The maximum Gasteiger partial charge on any atom is 0.503 e. The van der Waals surface area contributed by atoms with Crippen molar-refractivity contribution in [3.8, 4) is 0 Å². The summed E-state index contributed by atoms with van der Waals surface area (Å²) >= 11 is 0. The molecule has 4 N–H and O–H groups in total. The molecule has 0 aliphatic carbocycles.